The van der Waals surface area contributed by atoms with Crippen molar-refractivity contribution in [2.24, 2.45) is 0 Å². The molecule has 0 saturated heterocycles. The lowest BCUT2D eigenvalue weighted by Gasteiger charge is -2.31. The van der Waals surface area contributed by atoms with Crippen LogP contribution in [0.4, 0.5) is 0 Å². The van der Waals surface area contributed by atoms with Gasteiger partial charge in [0.1, 0.15) is 5.54 Å². The highest BCUT2D eigenvalue weighted by Crippen LogP contribution is 2.22. The summed E-state index contributed by atoms with van der Waals surface area (Å²) in [4.78, 5) is 25.3. The monoisotopic (exact) mass is 345 g/mol. The fraction of sp³-hybridized carbons (Fsp3) is 0.385. The van der Waals surface area contributed by atoms with Gasteiger partial charge in [0.25, 0.3) is 0 Å². The fourth-order valence-corrected chi connectivity index (χ4v) is 2.30. The van der Waals surface area contributed by atoms with E-state index in [9.17, 15) is 9.59 Å². The number of hydrogen-bond donors (Lipinski definition) is 1. The molecule has 0 aliphatic carbocycles. The number of likely N-dealkylation sites (N-methyl/N-ethyl adjacent to an activating group) is 1. The van der Waals surface area contributed by atoms with Gasteiger partial charge < -0.3 is 10.0 Å². The van der Waals surface area contributed by atoms with Crippen molar-refractivity contribution in [3.05, 3.63) is 28.7 Å². The largest absolute Gasteiger partial charge is 0.480 e. The van der Waals surface area contributed by atoms with Gasteiger partial charge in [0, 0.05) is 16.4 Å². The number of nitrogens with zero attached hydrogens (tertiary/aromatic N) is 1. The normalized spacial score (nSPS) is 11.2. The van der Waals surface area contributed by atoms with Crippen LogP contribution in [-0.4, -0.2) is 40.2 Å². The maximum atomic E-state index is 12.0. The van der Waals surface area contributed by atoms with E-state index in [2.05, 4.69) is 15.9 Å². The quantitative estimate of drug-likeness (QED) is 0.833. The Kier molecular flexibility index (Phi) is 5.43. The molecule has 0 bridgehead atoms. The molecule has 1 aromatic carbocycles. The number of halogens is 1. The van der Waals surface area contributed by atoms with E-state index in [-0.39, 0.29) is 11.7 Å². The maximum Gasteiger partial charge on any atom is 0.329 e. The number of hydrogen-bond acceptors (Lipinski definition) is 3. The second kappa shape index (κ2) is 6.43. The Balaban J connectivity index is 2.61. The Labute approximate surface area is 125 Å². The highest BCUT2D eigenvalue weighted by molar-refractivity contribution is 9.10. The predicted octanol–water partition coefficient (Wildman–Crippen LogP) is 2.86. The van der Waals surface area contributed by atoms with Crippen LogP contribution in [0.3, 0.4) is 0 Å². The van der Waals surface area contributed by atoms with Crippen LogP contribution in [0.5, 0.6) is 0 Å². The number of thioether (sulfide) groups is 1. The van der Waals surface area contributed by atoms with Gasteiger partial charge in [-0.1, -0.05) is 15.9 Å². The van der Waals surface area contributed by atoms with Gasteiger partial charge in [-0.15, -0.1) is 11.8 Å². The Hall–Kier alpha value is -1.01. The van der Waals surface area contributed by atoms with Crippen molar-refractivity contribution in [3.8, 4) is 0 Å². The lowest BCUT2D eigenvalue weighted by Crippen LogP contribution is -2.51. The van der Waals surface area contributed by atoms with E-state index < -0.39 is 11.5 Å². The van der Waals surface area contributed by atoms with E-state index in [1.807, 2.05) is 24.3 Å². The molecule has 0 radical (unpaired) electrons. The number of carboxylic acid groups (broad SMARTS) is 1. The summed E-state index contributed by atoms with van der Waals surface area (Å²) < 4.78 is 0.979. The molecule has 6 heteroatoms. The zero-order valence-electron chi connectivity index (χ0n) is 11.0. The third kappa shape index (κ3) is 4.24. The molecule has 0 spiro atoms. The second-order valence-corrected chi connectivity index (χ2v) is 6.52. The zero-order chi connectivity index (χ0) is 14.6. The van der Waals surface area contributed by atoms with Crippen LogP contribution in [0, 0.1) is 0 Å². The third-order valence-corrected chi connectivity index (χ3v) is 4.44. The topological polar surface area (TPSA) is 57.6 Å². The molecular weight excluding hydrogens is 330 g/mol. The molecule has 0 heterocycles. The smallest absolute Gasteiger partial charge is 0.329 e. The van der Waals surface area contributed by atoms with E-state index >= 15 is 0 Å². The summed E-state index contributed by atoms with van der Waals surface area (Å²) >= 11 is 4.73. The summed E-state index contributed by atoms with van der Waals surface area (Å²) in [5.74, 6) is -1.01. The van der Waals surface area contributed by atoms with Crippen LogP contribution >= 0.6 is 27.7 Å². The molecule has 4 nitrogen and oxygen atoms in total. The maximum absolute atomic E-state index is 12.0. The number of carbonyl (C=O) groups excluding carboxylic acids is 1. The van der Waals surface area contributed by atoms with Gasteiger partial charge in [-0.3, -0.25) is 4.79 Å². The molecule has 19 heavy (non-hydrogen) atoms. The third-order valence-electron chi connectivity index (χ3n) is 2.91. The van der Waals surface area contributed by atoms with Crippen LogP contribution in [0.2, 0.25) is 0 Å². The van der Waals surface area contributed by atoms with Gasteiger partial charge in [0.2, 0.25) is 5.91 Å². The molecule has 0 atom stereocenters. The molecule has 1 rings (SSSR count). The van der Waals surface area contributed by atoms with Gasteiger partial charge in [-0.25, -0.2) is 4.79 Å². The molecule has 1 amide bonds. The highest BCUT2D eigenvalue weighted by atomic mass is 79.9. The van der Waals surface area contributed by atoms with Gasteiger partial charge in [0.05, 0.1) is 5.75 Å². The summed E-state index contributed by atoms with van der Waals surface area (Å²) in [7, 11) is 1.51. The average molecular weight is 346 g/mol. The van der Waals surface area contributed by atoms with E-state index in [1.165, 1.54) is 37.6 Å². The number of carbonyl (C=O) groups is 2. The van der Waals surface area contributed by atoms with Gasteiger partial charge in [-0.05, 0) is 38.1 Å². The fourth-order valence-electron chi connectivity index (χ4n) is 1.23. The molecule has 104 valence electrons. The first kappa shape index (κ1) is 16.0. The Bertz CT molecular complexity index is 473. The molecule has 1 N–H and O–H groups in total. The van der Waals surface area contributed by atoms with E-state index in [0.29, 0.717) is 0 Å². The molecule has 0 fully saturated rings. The summed E-state index contributed by atoms with van der Waals surface area (Å²) in [6.07, 6.45) is 0. The Morgan fingerprint density at radius 1 is 1.32 bits per heavy atom. The summed E-state index contributed by atoms with van der Waals surface area (Å²) in [6, 6.07) is 7.62. The van der Waals surface area contributed by atoms with Crippen LogP contribution in [0.1, 0.15) is 13.8 Å². The lowest BCUT2D eigenvalue weighted by molar-refractivity contribution is -0.154. The standard InChI is InChI=1S/C13H16BrNO3S/c1-13(2,12(17)18)15(3)11(16)8-19-10-6-4-9(14)5-7-10/h4-7H,8H2,1-3H3,(H,17,18). The van der Waals surface area contributed by atoms with Crippen molar-refractivity contribution in [2.75, 3.05) is 12.8 Å². The zero-order valence-corrected chi connectivity index (χ0v) is 13.4. The van der Waals surface area contributed by atoms with Gasteiger partial charge in [0.15, 0.2) is 0 Å². The summed E-state index contributed by atoms with van der Waals surface area (Å²) in [5, 5.41) is 9.07. The molecule has 0 aliphatic heterocycles. The van der Waals surface area contributed by atoms with Gasteiger partial charge in [-0.2, -0.15) is 0 Å². The van der Waals surface area contributed by atoms with E-state index in [0.717, 1.165) is 9.37 Å². The number of carboxylic acids is 1. The van der Waals surface area contributed by atoms with Crippen LogP contribution in [0.25, 0.3) is 0 Å². The molecule has 0 saturated carbocycles. The van der Waals surface area contributed by atoms with Crippen LogP contribution in [0.15, 0.2) is 33.6 Å². The molecule has 1 aromatic rings. The minimum absolute atomic E-state index is 0.208. The first-order valence-electron chi connectivity index (χ1n) is 5.63. The first-order chi connectivity index (χ1) is 8.75. The number of rotatable bonds is 5. The lowest BCUT2D eigenvalue weighted by atomic mass is 10.0. The molecular formula is C13H16BrNO3S. The predicted molar refractivity (Wildman–Crippen MR) is 79.4 cm³/mol. The Morgan fingerprint density at radius 2 is 1.84 bits per heavy atom. The van der Waals surface area contributed by atoms with Crippen LogP contribution in [-0.2, 0) is 9.59 Å². The number of amides is 1. The Morgan fingerprint density at radius 3 is 2.32 bits per heavy atom. The van der Waals surface area contributed by atoms with Crippen molar-refractivity contribution in [3.63, 3.8) is 0 Å². The molecule has 0 unspecified atom stereocenters. The second-order valence-electron chi connectivity index (χ2n) is 4.56. The minimum atomic E-state index is -1.20. The first-order valence-corrected chi connectivity index (χ1v) is 7.41. The highest BCUT2D eigenvalue weighted by Gasteiger charge is 2.34. The summed E-state index contributed by atoms with van der Waals surface area (Å²) in [6.45, 7) is 3.02. The average Bonchev–Trinajstić information content (AvgIpc) is 2.36. The van der Waals surface area contributed by atoms with Crippen molar-refractivity contribution in [1.82, 2.24) is 4.90 Å². The van der Waals surface area contributed by atoms with Crippen molar-refractivity contribution < 1.29 is 14.7 Å². The molecule has 0 aromatic heterocycles. The van der Waals surface area contributed by atoms with Crippen molar-refractivity contribution in [2.45, 2.75) is 24.3 Å². The van der Waals surface area contributed by atoms with E-state index in [1.54, 1.807) is 0 Å². The SMILES string of the molecule is CN(C(=O)CSc1ccc(Br)cc1)C(C)(C)C(=O)O. The minimum Gasteiger partial charge on any atom is -0.480 e. The number of benzene rings is 1. The summed E-state index contributed by atoms with van der Waals surface area (Å²) in [5.41, 5.74) is -1.20. The van der Waals surface area contributed by atoms with E-state index in [4.69, 9.17) is 5.11 Å². The van der Waals surface area contributed by atoms with Crippen molar-refractivity contribution in [1.29, 1.82) is 0 Å². The molecule has 0 aliphatic rings. The van der Waals surface area contributed by atoms with Crippen molar-refractivity contribution >= 4 is 39.6 Å². The van der Waals surface area contributed by atoms with Crippen LogP contribution < -0.4 is 0 Å². The van der Waals surface area contributed by atoms with Gasteiger partial charge >= 0.3 is 5.97 Å². The number of aliphatic carboxylic acids is 1.